The molecule has 1 aromatic heterocycles. The van der Waals surface area contributed by atoms with Gasteiger partial charge < -0.3 is 10.1 Å². The van der Waals surface area contributed by atoms with Crippen molar-refractivity contribution in [2.75, 3.05) is 11.9 Å². The van der Waals surface area contributed by atoms with Crippen LogP contribution in [0.3, 0.4) is 0 Å². The molecule has 29 heavy (non-hydrogen) atoms. The Hall–Kier alpha value is -4.27. The van der Waals surface area contributed by atoms with E-state index in [2.05, 4.69) is 15.5 Å². The topological polar surface area (TPSA) is 112 Å². The molecule has 0 aliphatic heterocycles. The third-order valence-corrected chi connectivity index (χ3v) is 4.07. The lowest BCUT2D eigenvalue weighted by atomic mass is 10.3. The van der Waals surface area contributed by atoms with Crippen molar-refractivity contribution >= 4 is 28.3 Å². The predicted molar refractivity (Wildman–Crippen MR) is 106 cm³/mol. The summed E-state index contributed by atoms with van der Waals surface area (Å²) in [6.45, 7) is -0.230. The fraction of sp³-hybridized carbons (Fsp3) is 0.0500. The molecule has 1 heterocycles. The van der Waals surface area contributed by atoms with Crippen LogP contribution in [0.1, 0.15) is 0 Å². The second-order valence-corrected chi connectivity index (χ2v) is 6.12. The first-order chi connectivity index (χ1) is 14.1. The van der Waals surface area contributed by atoms with Gasteiger partial charge in [-0.3, -0.25) is 14.9 Å². The average Bonchev–Trinajstić information content (AvgIpc) is 3.17. The lowest BCUT2D eigenvalue weighted by Crippen LogP contribution is -2.20. The number of aromatic nitrogens is 3. The highest BCUT2D eigenvalue weighted by Crippen LogP contribution is 2.19. The molecule has 0 saturated heterocycles. The molecule has 4 rings (SSSR count). The fourth-order valence-corrected chi connectivity index (χ4v) is 2.68. The van der Waals surface area contributed by atoms with E-state index >= 15 is 0 Å². The Balaban J connectivity index is 1.40. The summed E-state index contributed by atoms with van der Waals surface area (Å²) < 4.78 is 5.36. The fourth-order valence-electron chi connectivity index (χ4n) is 2.68. The highest BCUT2D eigenvalue weighted by Gasteiger charge is 2.09. The Kier molecular flexibility index (Phi) is 4.85. The second-order valence-electron chi connectivity index (χ2n) is 6.12. The van der Waals surface area contributed by atoms with Crippen molar-refractivity contribution in [3.05, 3.63) is 82.9 Å². The Morgan fingerprint density at radius 2 is 1.72 bits per heavy atom. The van der Waals surface area contributed by atoms with Crippen molar-refractivity contribution in [2.45, 2.75) is 0 Å². The van der Waals surface area contributed by atoms with Gasteiger partial charge in [0.1, 0.15) is 16.8 Å². The first-order valence-corrected chi connectivity index (χ1v) is 8.68. The van der Waals surface area contributed by atoms with E-state index in [0.717, 1.165) is 5.69 Å². The van der Waals surface area contributed by atoms with Crippen LogP contribution in [0.2, 0.25) is 0 Å². The Morgan fingerprint density at radius 1 is 1.00 bits per heavy atom. The van der Waals surface area contributed by atoms with Gasteiger partial charge in [-0.25, -0.2) is 0 Å². The number of nitro benzene ring substituents is 1. The smallest absolute Gasteiger partial charge is 0.269 e. The molecule has 0 aliphatic carbocycles. The first kappa shape index (κ1) is 18.1. The molecular weight excluding hydrogens is 374 g/mol. The summed E-state index contributed by atoms with van der Waals surface area (Å²) in [4.78, 5) is 23.8. The van der Waals surface area contributed by atoms with Crippen LogP contribution in [0.5, 0.6) is 5.75 Å². The van der Waals surface area contributed by atoms with Crippen molar-refractivity contribution in [3.8, 4) is 11.4 Å². The zero-order valence-electron chi connectivity index (χ0n) is 15.1. The van der Waals surface area contributed by atoms with Gasteiger partial charge in [0.25, 0.3) is 11.6 Å². The standard InChI is InChI=1S/C20H15N5O4/c26-20(13-29-17-9-7-16(8-10-17)25(27)28)21-14-6-11-18-19(12-14)23-24(22-18)15-4-2-1-3-5-15/h1-12H,13H2,(H,21,26). The van der Waals surface area contributed by atoms with E-state index in [1.54, 1.807) is 18.2 Å². The average molecular weight is 389 g/mol. The quantitative estimate of drug-likeness (QED) is 0.400. The van der Waals surface area contributed by atoms with Crippen LogP contribution in [0, 0.1) is 10.1 Å². The molecule has 0 unspecified atom stereocenters. The number of nitrogens with zero attached hydrogens (tertiary/aromatic N) is 4. The molecule has 0 aliphatic rings. The molecule has 3 aromatic carbocycles. The summed E-state index contributed by atoms with van der Waals surface area (Å²) in [6, 6.07) is 20.3. The summed E-state index contributed by atoms with van der Waals surface area (Å²) >= 11 is 0. The number of nitro groups is 1. The van der Waals surface area contributed by atoms with Crippen LogP contribution in [-0.4, -0.2) is 32.4 Å². The zero-order chi connectivity index (χ0) is 20.2. The molecule has 0 saturated carbocycles. The lowest BCUT2D eigenvalue weighted by molar-refractivity contribution is -0.384. The van der Waals surface area contributed by atoms with Crippen molar-refractivity contribution in [1.29, 1.82) is 0 Å². The Labute approximate surface area is 164 Å². The minimum absolute atomic E-state index is 0.0429. The van der Waals surface area contributed by atoms with Gasteiger partial charge in [0.05, 0.1) is 10.6 Å². The number of nitrogens with one attached hydrogen (secondary N) is 1. The summed E-state index contributed by atoms with van der Waals surface area (Å²) in [7, 11) is 0. The number of ether oxygens (including phenoxy) is 1. The Bertz CT molecular complexity index is 1170. The number of rotatable bonds is 6. The molecule has 1 amide bonds. The molecule has 0 atom stereocenters. The van der Waals surface area contributed by atoms with Crippen LogP contribution in [0.25, 0.3) is 16.7 Å². The number of hydrogen-bond acceptors (Lipinski definition) is 6. The van der Waals surface area contributed by atoms with Gasteiger partial charge in [-0.1, -0.05) is 18.2 Å². The normalized spacial score (nSPS) is 10.6. The van der Waals surface area contributed by atoms with Gasteiger partial charge in [0.15, 0.2) is 6.61 Å². The van der Waals surface area contributed by atoms with E-state index in [-0.39, 0.29) is 18.2 Å². The number of hydrogen-bond donors (Lipinski definition) is 1. The molecule has 0 fully saturated rings. The largest absolute Gasteiger partial charge is 0.484 e. The summed E-state index contributed by atoms with van der Waals surface area (Å²) in [5.41, 5.74) is 2.70. The Morgan fingerprint density at radius 3 is 2.45 bits per heavy atom. The maximum Gasteiger partial charge on any atom is 0.269 e. The van der Waals surface area contributed by atoms with E-state index in [1.807, 2.05) is 30.3 Å². The van der Waals surface area contributed by atoms with Crippen molar-refractivity contribution in [1.82, 2.24) is 15.0 Å². The molecule has 9 nitrogen and oxygen atoms in total. The highest BCUT2D eigenvalue weighted by molar-refractivity contribution is 5.93. The lowest BCUT2D eigenvalue weighted by Gasteiger charge is -2.07. The van der Waals surface area contributed by atoms with Crippen molar-refractivity contribution in [3.63, 3.8) is 0 Å². The minimum Gasteiger partial charge on any atom is -0.484 e. The van der Waals surface area contributed by atoms with Gasteiger partial charge in [0.2, 0.25) is 0 Å². The number of para-hydroxylation sites is 1. The van der Waals surface area contributed by atoms with E-state index in [1.165, 1.54) is 29.1 Å². The van der Waals surface area contributed by atoms with Crippen LogP contribution in [-0.2, 0) is 4.79 Å². The number of benzene rings is 3. The zero-order valence-corrected chi connectivity index (χ0v) is 15.1. The summed E-state index contributed by atoms with van der Waals surface area (Å²) in [6.07, 6.45) is 0. The van der Waals surface area contributed by atoms with E-state index < -0.39 is 4.92 Å². The van der Waals surface area contributed by atoms with E-state index in [0.29, 0.717) is 22.5 Å². The molecule has 9 heteroatoms. The van der Waals surface area contributed by atoms with Gasteiger partial charge >= 0.3 is 0 Å². The van der Waals surface area contributed by atoms with Gasteiger partial charge in [-0.2, -0.15) is 4.80 Å². The van der Waals surface area contributed by atoms with Crippen LogP contribution in [0.4, 0.5) is 11.4 Å². The molecular formula is C20H15N5O4. The number of non-ortho nitro benzene ring substituents is 1. The predicted octanol–water partition coefficient (Wildman–Crippen LogP) is 3.35. The van der Waals surface area contributed by atoms with Gasteiger partial charge in [0, 0.05) is 17.8 Å². The van der Waals surface area contributed by atoms with Crippen molar-refractivity contribution < 1.29 is 14.5 Å². The number of anilines is 1. The maximum atomic E-state index is 12.1. The monoisotopic (exact) mass is 389 g/mol. The number of amides is 1. The number of fused-ring (bicyclic) bond motifs is 1. The molecule has 0 spiro atoms. The van der Waals surface area contributed by atoms with Crippen LogP contribution >= 0.6 is 0 Å². The van der Waals surface area contributed by atoms with Crippen molar-refractivity contribution in [2.24, 2.45) is 0 Å². The summed E-state index contributed by atoms with van der Waals surface area (Å²) in [5.74, 6) is 0.00478. The van der Waals surface area contributed by atoms with E-state index in [4.69, 9.17) is 4.74 Å². The highest BCUT2D eigenvalue weighted by atomic mass is 16.6. The SMILES string of the molecule is O=C(COc1ccc([N+](=O)[O-])cc1)Nc1ccc2nn(-c3ccccc3)nc2c1. The van der Waals surface area contributed by atoms with Crippen LogP contribution < -0.4 is 10.1 Å². The van der Waals surface area contributed by atoms with Crippen LogP contribution in [0.15, 0.2) is 72.8 Å². The molecule has 0 bridgehead atoms. The second kappa shape index (κ2) is 7.77. The number of carbonyl (C=O) groups is 1. The van der Waals surface area contributed by atoms with Gasteiger partial charge in [-0.05, 0) is 42.5 Å². The third kappa shape index (κ3) is 4.19. The molecule has 4 aromatic rings. The first-order valence-electron chi connectivity index (χ1n) is 8.68. The number of carbonyl (C=O) groups excluding carboxylic acids is 1. The minimum atomic E-state index is -0.499. The molecule has 1 N–H and O–H groups in total. The summed E-state index contributed by atoms with van der Waals surface area (Å²) in [5, 5.41) is 22.2. The van der Waals surface area contributed by atoms with E-state index in [9.17, 15) is 14.9 Å². The molecule has 0 radical (unpaired) electrons. The van der Waals surface area contributed by atoms with Gasteiger partial charge in [-0.15, -0.1) is 10.2 Å². The third-order valence-electron chi connectivity index (χ3n) is 4.07. The molecule has 144 valence electrons. The maximum absolute atomic E-state index is 12.1.